The quantitative estimate of drug-likeness (QED) is 0.887. The molecule has 2 heterocycles. The molecule has 0 aliphatic carbocycles. The van der Waals surface area contributed by atoms with Crippen LogP contribution in [0.4, 0.5) is 5.69 Å². The van der Waals surface area contributed by atoms with Crippen molar-refractivity contribution in [2.24, 2.45) is 5.92 Å². The molecule has 1 N–H and O–H groups in total. The maximum atomic E-state index is 4.42. The highest BCUT2D eigenvalue weighted by Crippen LogP contribution is 2.27. The van der Waals surface area contributed by atoms with Gasteiger partial charge in [-0.25, -0.2) is 0 Å². The van der Waals surface area contributed by atoms with Gasteiger partial charge in [0.25, 0.3) is 0 Å². The minimum absolute atomic E-state index is 0.642. The molecule has 2 rings (SSSR count). The van der Waals surface area contributed by atoms with Crippen LogP contribution in [0.3, 0.4) is 0 Å². The van der Waals surface area contributed by atoms with Crippen molar-refractivity contribution < 1.29 is 0 Å². The molecular weight excluding hydrogens is 222 g/mol. The van der Waals surface area contributed by atoms with Crippen LogP contribution in [0.5, 0.6) is 0 Å². The summed E-state index contributed by atoms with van der Waals surface area (Å²) in [6.07, 6.45) is 4.53. The van der Waals surface area contributed by atoms with Crippen LogP contribution in [0.2, 0.25) is 0 Å². The van der Waals surface area contributed by atoms with E-state index in [4.69, 9.17) is 0 Å². The lowest BCUT2D eigenvalue weighted by molar-refractivity contribution is 0.378. The highest BCUT2D eigenvalue weighted by atomic mass is 15.2. The van der Waals surface area contributed by atoms with E-state index >= 15 is 0 Å². The number of anilines is 1. The molecule has 1 aromatic rings. The van der Waals surface area contributed by atoms with E-state index in [0.29, 0.717) is 6.04 Å². The SMILES string of the molecule is CCNCc1cc(N2CCC(C)CC2C)ccn1. The molecule has 1 fully saturated rings. The summed E-state index contributed by atoms with van der Waals surface area (Å²) in [4.78, 5) is 6.95. The first-order valence-corrected chi connectivity index (χ1v) is 7.13. The Labute approximate surface area is 111 Å². The minimum Gasteiger partial charge on any atom is -0.369 e. The van der Waals surface area contributed by atoms with Crippen molar-refractivity contribution in [1.82, 2.24) is 10.3 Å². The van der Waals surface area contributed by atoms with Gasteiger partial charge in [0.05, 0.1) is 5.69 Å². The van der Waals surface area contributed by atoms with E-state index in [9.17, 15) is 0 Å². The molecule has 0 saturated carbocycles. The van der Waals surface area contributed by atoms with Gasteiger partial charge in [0.1, 0.15) is 0 Å². The van der Waals surface area contributed by atoms with Gasteiger partial charge < -0.3 is 10.2 Å². The van der Waals surface area contributed by atoms with Gasteiger partial charge >= 0.3 is 0 Å². The normalized spacial score (nSPS) is 24.3. The van der Waals surface area contributed by atoms with E-state index in [1.807, 2.05) is 6.20 Å². The van der Waals surface area contributed by atoms with Crippen LogP contribution in [0.25, 0.3) is 0 Å². The minimum atomic E-state index is 0.642. The predicted molar refractivity (Wildman–Crippen MR) is 76.8 cm³/mol. The van der Waals surface area contributed by atoms with E-state index < -0.39 is 0 Å². The van der Waals surface area contributed by atoms with Crippen LogP contribution in [0, 0.1) is 5.92 Å². The largest absolute Gasteiger partial charge is 0.369 e. The second kappa shape index (κ2) is 6.19. The van der Waals surface area contributed by atoms with Gasteiger partial charge in [0, 0.05) is 31.0 Å². The number of aromatic nitrogens is 1. The van der Waals surface area contributed by atoms with Gasteiger partial charge in [-0.15, -0.1) is 0 Å². The molecule has 0 radical (unpaired) electrons. The monoisotopic (exact) mass is 247 g/mol. The zero-order valence-electron chi connectivity index (χ0n) is 11.8. The molecule has 1 aliphatic rings. The molecular formula is C15H25N3. The highest BCUT2D eigenvalue weighted by molar-refractivity contribution is 5.48. The Morgan fingerprint density at radius 1 is 1.44 bits per heavy atom. The second-order valence-corrected chi connectivity index (χ2v) is 5.46. The fraction of sp³-hybridized carbons (Fsp3) is 0.667. The molecule has 0 bridgehead atoms. The third-order valence-electron chi connectivity index (χ3n) is 3.83. The number of rotatable bonds is 4. The van der Waals surface area contributed by atoms with Crippen LogP contribution < -0.4 is 10.2 Å². The van der Waals surface area contributed by atoms with E-state index in [1.54, 1.807) is 0 Å². The third-order valence-corrected chi connectivity index (χ3v) is 3.83. The van der Waals surface area contributed by atoms with Crippen molar-refractivity contribution in [2.75, 3.05) is 18.0 Å². The lowest BCUT2D eigenvalue weighted by atomic mass is 9.93. The summed E-state index contributed by atoms with van der Waals surface area (Å²) in [5, 5.41) is 3.33. The molecule has 100 valence electrons. The maximum absolute atomic E-state index is 4.42. The standard InChI is InChI=1S/C15H25N3/c1-4-16-11-14-10-15(5-7-17-14)18-8-6-12(2)9-13(18)3/h5,7,10,12-13,16H,4,6,8-9,11H2,1-3H3. The van der Waals surface area contributed by atoms with E-state index in [2.05, 4.69) is 48.1 Å². The molecule has 18 heavy (non-hydrogen) atoms. The Morgan fingerprint density at radius 3 is 3.00 bits per heavy atom. The zero-order chi connectivity index (χ0) is 13.0. The van der Waals surface area contributed by atoms with Crippen molar-refractivity contribution in [3.8, 4) is 0 Å². The topological polar surface area (TPSA) is 28.2 Å². The van der Waals surface area contributed by atoms with Crippen LogP contribution in [-0.4, -0.2) is 24.1 Å². The summed E-state index contributed by atoms with van der Waals surface area (Å²) in [5.74, 6) is 0.860. The molecule has 0 spiro atoms. The summed E-state index contributed by atoms with van der Waals surface area (Å²) in [6.45, 7) is 9.84. The number of pyridine rings is 1. The Bertz CT molecular complexity index is 378. The highest BCUT2D eigenvalue weighted by Gasteiger charge is 2.23. The summed E-state index contributed by atoms with van der Waals surface area (Å²) < 4.78 is 0. The van der Waals surface area contributed by atoms with Gasteiger partial charge in [-0.05, 0) is 44.4 Å². The maximum Gasteiger partial charge on any atom is 0.0562 e. The van der Waals surface area contributed by atoms with Gasteiger partial charge in [-0.3, -0.25) is 4.98 Å². The fourth-order valence-electron chi connectivity index (χ4n) is 2.78. The van der Waals surface area contributed by atoms with E-state index in [1.165, 1.54) is 25.1 Å². The average Bonchev–Trinajstić information content (AvgIpc) is 2.36. The van der Waals surface area contributed by atoms with Gasteiger partial charge in [0.2, 0.25) is 0 Å². The lowest BCUT2D eigenvalue weighted by Crippen LogP contribution is -2.40. The van der Waals surface area contributed by atoms with E-state index in [0.717, 1.165) is 24.7 Å². The average molecular weight is 247 g/mol. The van der Waals surface area contributed by atoms with Gasteiger partial charge in [0.15, 0.2) is 0 Å². The second-order valence-electron chi connectivity index (χ2n) is 5.46. The molecule has 2 atom stereocenters. The summed E-state index contributed by atoms with van der Waals surface area (Å²) in [5.41, 5.74) is 2.47. The van der Waals surface area contributed by atoms with Crippen molar-refractivity contribution >= 4 is 5.69 Å². The first kappa shape index (κ1) is 13.3. The van der Waals surface area contributed by atoms with Crippen LogP contribution >= 0.6 is 0 Å². The molecule has 1 aliphatic heterocycles. The Kier molecular flexibility index (Phi) is 4.59. The molecule has 1 saturated heterocycles. The van der Waals surface area contributed by atoms with Gasteiger partial charge in [-0.2, -0.15) is 0 Å². The molecule has 1 aromatic heterocycles. The first-order valence-electron chi connectivity index (χ1n) is 7.13. The van der Waals surface area contributed by atoms with Crippen LogP contribution in [-0.2, 0) is 6.54 Å². The molecule has 3 nitrogen and oxygen atoms in total. The summed E-state index contributed by atoms with van der Waals surface area (Å²) in [7, 11) is 0. The fourth-order valence-corrected chi connectivity index (χ4v) is 2.78. The Balaban J connectivity index is 2.07. The summed E-state index contributed by atoms with van der Waals surface area (Å²) in [6, 6.07) is 5.01. The summed E-state index contributed by atoms with van der Waals surface area (Å²) >= 11 is 0. The third kappa shape index (κ3) is 3.22. The van der Waals surface area contributed by atoms with Crippen molar-refractivity contribution in [2.45, 2.75) is 46.2 Å². The predicted octanol–water partition coefficient (Wildman–Crippen LogP) is 2.82. The zero-order valence-corrected chi connectivity index (χ0v) is 11.8. The van der Waals surface area contributed by atoms with Crippen molar-refractivity contribution in [1.29, 1.82) is 0 Å². The van der Waals surface area contributed by atoms with Crippen LogP contribution in [0.15, 0.2) is 18.3 Å². The Morgan fingerprint density at radius 2 is 2.28 bits per heavy atom. The molecule has 0 amide bonds. The first-order chi connectivity index (χ1) is 8.70. The molecule has 3 heteroatoms. The molecule has 0 aromatic carbocycles. The van der Waals surface area contributed by atoms with Crippen molar-refractivity contribution in [3.05, 3.63) is 24.0 Å². The Hall–Kier alpha value is -1.09. The van der Waals surface area contributed by atoms with Crippen LogP contribution in [0.1, 0.15) is 39.3 Å². The van der Waals surface area contributed by atoms with E-state index in [-0.39, 0.29) is 0 Å². The van der Waals surface area contributed by atoms with Gasteiger partial charge in [-0.1, -0.05) is 13.8 Å². The van der Waals surface area contributed by atoms with Crippen molar-refractivity contribution in [3.63, 3.8) is 0 Å². The molecule has 2 unspecified atom stereocenters. The smallest absolute Gasteiger partial charge is 0.0562 e. The lowest BCUT2D eigenvalue weighted by Gasteiger charge is -2.38. The number of nitrogens with zero attached hydrogens (tertiary/aromatic N) is 2. The number of nitrogens with one attached hydrogen (secondary N) is 1. The number of hydrogen-bond acceptors (Lipinski definition) is 3. The number of hydrogen-bond donors (Lipinski definition) is 1. The number of piperidine rings is 1.